The SMILES string of the molecule is CCCCN(C(=O)c1ccc(F)c(Br)c1)C(C)CC. The zero-order valence-electron chi connectivity index (χ0n) is 11.7. The number of hydrogen-bond donors (Lipinski definition) is 0. The third-order valence-corrected chi connectivity index (χ3v) is 3.91. The predicted molar refractivity (Wildman–Crippen MR) is 79.8 cm³/mol. The summed E-state index contributed by atoms with van der Waals surface area (Å²) in [5, 5.41) is 0. The van der Waals surface area contributed by atoms with Gasteiger partial charge in [-0.2, -0.15) is 0 Å². The molecule has 0 aliphatic carbocycles. The van der Waals surface area contributed by atoms with E-state index in [4.69, 9.17) is 0 Å². The Morgan fingerprint density at radius 3 is 2.63 bits per heavy atom. The van der Waals surface area contributed by atoms with Crippen LogP contribution in [-0.2, 0) is 0 Å². The van der Waals surface area contributed by atoms with Gasteiger partial charge in [0.2, 0.25) is 0 Å². The molecule has 0 N–H and O–H groups in total. The third kappa shape index (κ3) is 4.30. The van der Waals surface area contributed by atoms with Crippen LogP contribution in [0.1, 0.15) is 50.4 Å². The van der Waals surface area contributed by atoms with Gasteiger partial charge in [0.05, 0.1) is 4.47 Å². The van der Waals surface area contributed by atoms with E-state index in [0.717, 1.165) is 25.8 Å². The second-order valence-corrected chi connectivity index (χ2v) is 5.59. The fraction of sp³-hybridized carbons (Fsp3) is 0.533. The van der Waals surface area contributed by atoms with Crippen LogP contribution in [0.15, 0.2) is 22.7 Å². The molecule has 1 atom stereocenters. The Labute approximate surface area is 123 Å². The van der Waals surface area contributed by atoms with Gasteiger partial charge in [-0.3, -0.25) is 4.79 Å². The molecule has 0 saturated heterocycles. The molecule has 19 heavy (non-hydrogen) atoms. The molecule has 0 aliphatic heterocycles. The van der Waals surface area contributed by atoms with Crippen LogP contribution < -0.4 is 0 Å². The summed E-state index contributed by atoms with van der Waals surface area (Å²) in [5.41, 5.74) is 0.532. The lowest BCUT2D eigenvalue weighted by Crippen LogP contribution is -2.39. The fourth-order valence-corrected chi connectivity index (χ4v) is 2.24. The van der Waals surface area contributed by atoms with Crippen molar-refractivity contribution in [3.63, 3.8) is 0 Å². The van der Waals surface area contributed by atoms with E-state index in [1.807, 2.05) is 11.8 Å². The average Bonchev–Trinajstić information content (AvgIpc) is 2.41. The topological polar surface area (TPSA) is 20.3 Å². The van der Waals surface area contributed by atoms with Gasteiger partial charge in [0.15, 0.2) is 0 Å². The highest BCUT2D eigenvalue weighted by atomic mass is 79.9. The maximum absolute atomic E-state index is 13.2. The van der Waals surface area contributed by atoms with Gasteiger partial charge in [0.1, 0.15) is 5.82 Å². The van der Waals surface area contributed by atoms with E-state index in [2.05, 4.69) is 29.8 Å². The molecule has 0 saturated carbocycles. The minimum absolute atomic E-state index is 0.0245. The lowest BCUT2D eigenvalue weighted by molar-refractivity contribution is 0.0685. The van der Waals surface area contributed by atoms with Gasteiger partial charge in [-0.05, 0) is 53.9 Å². The quantitative estimate of drug-likeness (QED) is 0.745. The molecule has 1 amide bonds. The van der Waals surface area contributed by atoms with Crippen molar-refractivity contribution in [2.75, 3.05) is 6.54 Å². The molecule has 2 nitrogen and oxygen atoms in total. The first-order valence-electron chi connectivity index (χ1n) is 6.77. The summed E-state index contributed by atoms with van der Waals surface area (Å²) in [4.78, 5) is 14.4. The normalized spacial score (nSPS) is 12.3. The van der Waals surface area contributed by atoms with Crippen LogP contribution >= 0.6 is 15.9 Å². The Morgan fingerprint density at radius 2 is 2.11 bits per heavy atom. The van der Waals surface area contributed by atoms with Crippen LogP contribution in [0.25, 0.3) is 0 Å². The first-order valence-corrected chi connectivity index (χ1v) is 7.56. The van der Waals surface area contributed by atoms with E-state index in [9.17, 15) is 9.18 Å². The second kappa shape index (κ2) is 7.63. The zero-order chi connectivity index (χ0) is 14.4. The van der Waals surface area contributed by atoms with E-state index in [0.29, 0.717) is 10.0 Å². The first kappa shape index (κ1) is 16.2. The zero-order valence-corrected chi connectivity index (χ0v) is 13.3. The van der Waals surface area contributed by atoms with Crippen LogP contribution in [0.4, 0.5) is 4.39 Å². The van der Waals surface area contributed by atoms with Crippen LogP contribution in [0.3, 0.4) is 0 Å². The van der Waals surface area contributed by atoms with Crippen molar-refractivity contribution in [2.45, 2.75) is 46.1 Å². The van der Waals surface area contributed by atoms with E-state index < -0.39 is 0 Å². The van der Waals surface area contributed by atoms with E-state index in [1.54, 1.807) is 12.1 Å². The van der Waals surface area contributed by atoms with Gasteiger partial charge in [0, 0.05) is 18.2 Å². The Kier molecular flexibility index (Phi) is 6.49. The molecular formula is C15H21BrFNO. The highest BCUT2D eigenvalue weighted by Gasteiger charge is 2.20. The van der Waals surface area contributed by atoms with Gasteiger partial charge < -0.3 is 4.90 Å². The number of benzene rings is 1. The summed E-state index contributed by atoms with van der Waals surface area (Å²) >= 11 is 3.12. The van der Waals surface area contributed by atoms with Crippen LogP contribution in [0, 0.1) is 5.82 Å². The van der Waals surface area contributed by atoms with E-state index in [-0.39, 0.29) is 17.8 Å². The highest BCUT2D eigenvalue weighted by Crippen LogP contribution is 2.19. The molecule has 106 valence electrons. The van der Waals surface area contributed by atoms with E-state index in [1.165, 1.54) is 6.07 Å². The largest absolute Gasteiger partial charge is 0.336 e. The molecule has 1 rings (SSSR count). The maximum atomic E-state index is 13.2. The molecular weight excluding hydrogens is 309 g/mol. The Morgan fingerprint density at radius 1 is 1.42 bits per heavy atom. The smallest absolute Gasteiger partial charge is 0.254 e. The molecule has 0 aromatic heterocycles. The number of rotatable bonds is 6. The molecule has 1 aromatic rings. The average molecular weight is 330 g/mol. The molecule has 1 aromatic carbocycles. The summed E-state index contributed by atoms with van der Waals surface area (Å²) in [7, 11) is 0. The summed E-state index contributed by atoms with van der Waals surface area (Å²) < 4.78 is 13.6. The number of unbranched alkanes of at least 4 members (excludes halogenated alkanes) is 1. The lowest BCUT2D eigenvalue weighted by Gasteiger charge is -2.28. The number of carbonyl (C=O) groups is 1. The highest BCUT2D eigenvalue weighted by molar-refractivity contribution is 9.10. The van der Waals surface area contributed by atoms with Crippen molar-refractivity contribution >= 4 is 21.8 Å². The fourth-order valence-electron chi connectivity index (χ4n) is 1.87. The maximum Gasteiger partial charge on any atom is 0.254 e. The predicted octanol–water partition coefficient (Wildman–Crippen LogP) is 4.63. The van der Waals surface area contributed by atoms with Crippen molar-refractivity contribution in [1.29, 1.82) is 0 Å². The number of halogens is 2. The van der Waals surface area contributed by atoms with Gasteiger partial charge >= 0.3 is 0 Å². The van der Waals surface area contributed by atoms with Crippen LogP contribution in [0.2, 0.25) is 0 Å². The van der Waals surface area contributed by atoms with Crippen molar-refractivity contribution < 1.29 is 9.18 Å². The molecule has 0 bridgehead atoms. The standard InChI is InChI=1S/C15H21BrFNO/c1-4-6-9-18(11(3)5-2)15(19)12-7-8-14(17)13(16)10-12/h7-8,10-11H,4-6,9H2,1-3H3. The molecule has 0 aliphatic rings. The first-order chi connectivity index (χ1) is 9.01. The summed E-state index contributed by atoms with van der Waals surface area (Å²) in [6.07, 6.45) is 2.95. The monoisotopic (exact) mass is 329 g/mol. The lowest BCUT2D eigenvalue weighted by atomic mass is 10.1. The van der Waals surface area contributed by atoms with Crippen LogP contribution in [0.5, 0.6) is 0 Å². The summed E-state index contributed by atoms with van der Waals surface area (Å²) in [5.74, 6) is -0.372. The van der Waals surface area contributed by atoms with Crippen molar-refractivity contribution in [2.24, 2.45) is 0 Å². The summed E-state index contributed by atoms with van der Waals surface area (Å²) in [6.45, 7) is 6.97. The Hall–Kier alpha value is -0.900. The van der Waals surface area contributed by atoms with Crippen molar-refractivity contribution in [3.8, 4) is 0 Å². The minimum atomic E-state index is -0.347. The third-order valence-electron chi connectivity index (χ3n) is 3.30. The van der Waals surface area contributed by atoms with Gasteiger partial charge in [0.25, 0.3) is 5.91 Å². The van der Waals surface area contributed by atoms with Gasteiger partial charge in [-0.15, -0.1) is 0 Å². The number of nitrogens with zero attached hydrogens (tertiary/aromatic N) is 1. The summed E-state index contributed by atoms with van der Waals surface area (Å²) in [6, 6.07) is 4.62. The van der Waals surface area contributed by atoms with Crippen molar-refractivity contribution in [3.05, 3.63) is 34.1 Å². The molecule has 1 unspecified atom stereocenters. The second-order valence-electron chi connectivity index (χ2n) is 4.74. The van der Waals surface area contributed by atoms with Gasteiger partial charge in [-0.1, -0.05) is 20.3 Å². The molecule has 4 heteroatoms. The molecule has 0 radical (unpaired) electrons. The van der Waals surface area contributed by atoms with Crippen LogP contribution in [-0.4, -0.2) is 23.4 Å². The van der Waals surface area contributed by atoms with Gasteiger partial charge in [-0.25, -0.2) is 4.39 Å². The number of amides is 1. The molecule has 0 heterocycles. The Bertz CT molecular complexity index is 436. The number of hydrogen-bond acceptors (Lipinski definition) is 1. The van der Waals surface area contributed by atoms with Crippen molar-refractivity contribution in [1.82, 2.24) is 4.90 Å². The Balaban J connectivity index is 2.94. The molecule has 0 fully saturated rings. The van der Waals surface area contributed by atoms with E-state index >= 15 is 0 Å². The minimum Gasteiger partial charge on any atom is -0.336 e. The molecule has 0 spiro atoms. The number of carbonyl (C=O) groups excluding carboxylic acids is 1.